The first-order valence-electron chi connectivity index (χ1n) is 11.6. The first-order chi connectivity index (χ1) is 13.5. The summed E-state index contributed by atoms with van der Waals surface area (Å²) in [4.78, 5) is 27.8. The summed E-state index contributed by atoms with van der Waals surface area (Å²) in [5.41, 5.74) is 0.761. The Morgan fingerprint density at radius 2 is 1.14 bits per heavy atom. The van der Waals surface area contributed by atoms with E-state index in [9.17, 15) is 9.59 Å². The highest BCUT2D eigenvalue weighted by molar-refractivity contribution is 5.96. The lowest BCUT2D eigenvalue weighted by molar-refractivity contribution is -0.136. The zero-order chi connectivity index (χ0) is 21.0. The summed E-state index contributed by atoms with van der Waals surface area (Å²) in [6.45, 7) is 13.6. The van der Waals surface area contributed by atoms with Crippen LogP contribution in [0.15, 0.2) is 30.3 Å². The van der Waals surface area contributed by atoms with Crippen molar-refractivity contribution < 1.29 is 9.59 Å². The van der Waals surface area contributed by atoms with E-state index in [0.29, 0.717) is 23.4 Å². The van der Waals surface area contributed by atoms with Crippen LogP contribution >= 0.6 is 0 Å². The van der Waals surface area contributed by atoms with Crippen LogP contribution < -0.4 is 0 Å². The van der Waals surface area contributed by atoms with E-state index in [2.05, 4.69) is 65.8 Å². The van der Waals surface area contributed by atoms with Crippen LogP contribution in [0.4, 0.5) is 0 Å². The second kappa shape index (κ2) is 5.62. The molecule has 1 aromatic carbocycles. The van der Waals surface area contributed by atoms with Crippen molar-refractivity contribution in [2.75, 3.05) is 0 Å². The van der Waals surface area contributed by atoms with Gasteiger partial charge in [0.15, 0.2) is 0 Å². The number of carbonyl (C=O) groups is 2. The van der Waals surface area contributed by atoms with Crippen LogP contribution in [0.2, 0.25) is 0 Å². The summed E-state index contributed by atoms with van der Waals surface area (Å²) in [5.74, 6) is 1.64. The molecule has 0 saturated heterocycles. The molecule has 6 unspecified atom stereocenters. The summed E-state index contributed by atoms with van der Waals surface area (Å²) in [5, 5.41) is 0. The molecule has 0 amide bonds. The third-order valence-corrected chi connectivity index (χ3v) is 11.1. The molecule has 4 aliphatic carbocycles. The molecule has 0 N–H and O–H groups in total. The second-order valence-electron chi connectivity index (χ2n) is 12.1. The zero-order valence-corrected chi connectivity index (χ0v) is 18.9. The lowest BCUT2D eigenvalue weighted by Gasteiger charge is -2.39. The molecule has 4 bridgehead atoms. The van der Waals surface area contributed by atoms with Crippen molar-refractivity contribution in [3.63, 3.8) is 0 Å². The molecule has 1 aromatic rings. The summed E-state index contributed by atoms with van der Waals surface area (Å²) >= 11 is 0. The van der Waals surface area contributed by atoms with Gasteiger partial charge in [-0.3, -0.25) is 9.59 Å². The second-order valence-corrected chi connectivity index (χ2v) is 12.1. The zero-order valence-electron chi connectivity index (χ0n) is 18.9. The summed E-state index contributed by atoms with van der Waals surface area (Å²) in [6, 6.07) is 10.6. The van der Waals surface area contributed by atoms with Crippen molar-refractivity contribution in [3.05, 3.63) is 35.9 Å². The fraction of sp³-hybridized carbons (Fsp3) is 0.704. The van der Waals surface area contributed by atoms with Gasteiger partial charge in [0.2, 0.25) is 0 Å². The molecule has 0 heterocycles. The lowest BCUT2D eigenvalue weighted by Crippen LogP contribution is -2.41. The smallest absolute Gasteiger partial charge is 0.143 e. The predicted molar refractivity (Wildman–Crippen MR) is 115 cm³/mol. The summed E-state index contributed by atoms with van der Waals surface area (Å²) in [6.07, 6.45) is 4.25. The fourth-order valence-corrected chi connectivity index (χ4v) is 8.45. The maximum atomic E-state index is 13.9. The predicted octanol–water partition coefficient (Wildman–Crippen LogP) is 6.05. The number of fused-ring (bicyclic) bond motifs is 4. The molecule has 5 rings (SSSR count). The topological polar surface area (TPSA) is 34.1 Å². The molecular weight excluding hydrogens is 356 g/mol. The molecule has 0 spiro atoms. The number of hydrogen-bond donors (Lipinski definition) is 0. The molecule has 6 atom stereocenters. The fourth-order valence-electron chi connectivity index (χ4n) is 8.45. The van der Waals surface area contributed by atoms with Crippen LogP contribution in [0.25, 0.3) is 0 Å². The summed E-state index contributed by atoms with van der Waals surface area (Å²) < 4.78 is 0. The van der Waals surface area contributed by atoms with Gasteiger partial charge in [0.25, 0.3) is 0 Å². The number of carbonyl (C=O) groups excluding carboxylic acids is 2. The summed E-state index contributed by atoms with van der Waals surface area (Å²) in [7, 11) is 0. The van der Waals surface area contributed by atoms with Gasteiger partial charge in [-0.15, -0.1) is 0 Å². The van der Waals surface area contributed by atoms with Gasteiger partial charge >= 0.3 is 0 Å². The Bertz CT molecular complexity index is 827. The number of Topliss-reactive ketones (excluding diaryl/α,β-unsaturated/α-hetero) is 2. The van der Waals surface area contributed by atoms with Gasteiger partial charge in [-0.1, -0.05) is 71.9 Å². The Kier molecular flexibility index (Phi) is 3.78. The van der Waals surface area contributed by atoms with Crippen LogP contribution in [-0.2, 0) is 9.59 Å². The van der Waals surface area contributed by atoms with Crippen LogP contribution in [-0.4, -0.2) is 11.6 Å². The van der Waals surface area contributed by atoms with Crippen molar-refractivity contribution in [2.45, 2.75) is 73.1 Å². The minimum atomic E-state index is -0.241. The van der Waals surface area contributed by atoms with Crippen molar-refractivity contribution in [1.29, 1.82) is 0 Å². The van der Waals surface area contributed by atoms with Gasteiger partial charge in [-0.2, -0.15) is 0 Å². The highest BCUT2D eigenvalue weighted by atomic mass is 16.1. The van der Waals surface area contributed by atoms with Gasteiger partial charge in [0.1, 0.15) is 11.6 Å². The highest BCUT2D eigenvalue weighted by Crippen LogP contribution is 2.73. The van der Waals surface area contributed by atoms with Crippen LogP contribution in [0.5, 0.6) is 0 Å². The Hall–Kier alpha value is -1.44. The number of ketones is 2. The van der Waals surface area contributed by atoms with Gasteiger partial charge in [0, 0.05) is 28.6 Å². The Morgan fingerprint density at radius 3 is 1.48 bits per heavy atom. The van der Waals surface area contributed by atoms with E-state index >= 15 is 0 Å². The molecule has 4 aliphatic rings. The van der Waals surface area contributed by atoms with E-state index in [-0.39, 0.29) is 39.4 Å². The van der Waals surface area contributed by atoms with E-state index in [1.165, 1.54) is 5.56 Å². The average molecular weight is 393 g/mol. The lowest BCUT2D eigenvalue weighted by atomic mass is 9.63. The third-order valence-electron chi connectivity index (χ3n) is 11.1. The standard InChI is InChI=1S/C27H36O2/c1-24(2)17-12-14-26(24,5)22(28)20(17)19(16-10-8-7-9-11-16)21-18-13-15-27(6,23(21)29)25(18,3)4/h7-11,17-21H,12-15H2,1-6H3. The van der Waals surface area contributed by atoms with Gasteiger partial charge < -0.3 is 0 Å². The first-order valence-corrected chi connectivity index (χ1v) is 11.6. The van der Waals surface area contributed by atoms with Crippen molar-refractivity contribution >= 4 is 11.6 Å². The Morgan fingerprint density at radius 1 is 0.724 bits per heavy atom. The van der Waals surface area contributed by atoms with E-state index < -0.39 is 0 Å². The molecule has 2 nitrogen and oxygen atoms in total. The third kappa shape index (κ3) is 2.04. The number of benzene rings is 1. The molecule has 0 radical (unpaired) electrons. The van der Waals surface area contributed by atoms with Crippen molar-refractivity contribution in [1.82, 2.24) is 0 Å². The van der Waals surface area contributed by atoms with Gasteiger partial charge in [-0.05, 0) is 53.9 Å². The largest absolute Gasteiger partial charge is 0.299 e. The molecule has 4 fully saturated rings. The molecule has 0 aromatic heterocycles. The molecule has 4 saturated carbocycles. The average Bonchev–Trinajstić information content (AvgIpc) is 3.16. The normalized spacial score (nSPS) is 45.2. The first kappa shape index (κ1) is 19.5. The maximum Gasteiger partial charge on any atom is 0.143 e. The van der Waals surface area contributed by atoms with Crippen LogP contribution in [0.1, 0.15) is 78.7 Å². The number of hydrogen-bond acceptors (Lipinski definition) is 2. The van der Waals surface area contributed by atoms with Crippen molar-refractivity contribution in [2.24, 2.45) is 45.3 Å². The van der Waals surface area contributed by atoms with E-state index in [4.69, 9.17) is 0 Å². The van der Waals surface area contributed by atoms with Gasteiger partial charge in [0.05, 0.1) is 0 Å². The molecule has 0 aliphatic heterocycles. The number of rotatable bonds is 3. The van der Waals surface area contributed by atoms with Gasteiger partial charge in [-0.25, -0.2) is 0 Å². The van der Waals surface area contributed by atoms with Crippen molar-refractivity contribution in [3.8, 4) is 0 Å². The molecule has 2 heteroatoms. The Balaban J connectivity index is 1.66. The monoisotopic (exact) mass is 392 g/mol. The minimum Gasteiger partial charge on any atom is -0.299 e. The van der Waals surface area contributed by atoms with Crippen LogP contribution in [0.3, 0.4) is 0 Å². The minimum absolute atomic E-state index is 0.0150. The molecule has 156 valence electrons. The maximum absolute atomic E-state index is 13.9. The quantitative estimate of drug-likeness (QED) is 0.627. The Labute approximate surface area is 175 Å². The van der Waals surface area contributed by atoms with E-state index in [1.807, 2.05) is 6.07 Å². The molecular formula is C27H36O2. The van der Waals surface area contributed by atoms with E-state index in [1.54, 1.807) is 0 Å². The molecule has 29 heavy (non-hydrogen) atoms. The highest BCUT2D eigenvalue weighted by Gasteiger charge is 2.72. The SMILES string of the molecule is CC12CCC(C(C(c3ccccc3)C3C(=O)C4(C)CCC3C4(C)C)C1=O)C2(C)C. The van der Waals surface area contributed by atoms with Crippen LogP contribution in [0, 0.1) is 45.3 Å². The van der Waals surface area contributed by atoms with E-state index in [0.717, 1.165) is 25.7 Å².